The summed E-state index contributed by atoms with van der Waals surface area (Å²) in [5, 5.41) is 0. The molecule has 1 aromatic rings. The van der Waals surface area contributed by atoms with Crippen LogP contribution < -0.4 is 0 Å². The molecule has 2 rings (SSSR count). The predicted octanol–water partition coefficient (Wildman–Crippen LogP) is 3.01. The van der Waals surface area contributed by atoms with Crippen molar-refractivity contribution in [1.82, 2.24) is 0 Å². The third-order valence-corrected chi connectivity index (χ3v) is 3.57. The van der Waals surface area contributed by atoms with Crippen LogP contribution in [0.15, 0.2) is 29.2 Å². The van der Waals surface area contributed by atoms with Gasteiger partial charge in [0.2, 0.25) is 0 Å². The van der Waals surface area contributed by atoms with Gasteiger partial charge >= 0.3 is 0 Å². The number of benzene rings is 1. The fraction of sp³-hybridized carbons (Fsp3) is 0.500. The third kappa shape index (κ3) is 3.20. The van der Waals surface area contributed by atoms with Crippen molar-refractivity contribution < 1.29 is 13.9 Å². The Labute approximate surface area is 99.1 Å². The Morgan fingerprint density at radius 1 is 1.25 bits per heavy atom. The summed E-state index contributed by atoms with van der Waals surface area (Å²) in [6.45, 7) is 0.979. The standard InChI is InChI=1S/C12H15FO2S/c13-9-10-3-1-2-4-11(10)16-8-5-12-14-6-7-15-12/h1-4,12H,5-9H2. The second-order valence-corrected chi connectivity index (χ2v) is 4.69. The number of halogens is 1. The minimum Gasteiger partial charge on any atom is -0.350 e. The monoisotopic (exact) mass is 242 g/mol. The number of ether oxygens (including phenoxy) is 2. The molecule has 0 amide bonds. The minimum absolute atomic E-state index is 0.0648. The molecule has 0 spiro atoms. The molecule has 1 aromatic carbocycles. The van der Waals surface area contributed by atoms with Crippen molar-refractivity contribution in [1.29, 1.82) is 0 Å². The zero-order valence-electron chi connectivity index (χ0n) is 9.02. The van der Waals surface area contributed by atoms with Crippen molar-refractivity contribution in [3.05, 3.63) is 29.8 Å². The van der Waals surface area contributed by atoms with Crippen LogP contribution in [0.3, 0.4) is 0 Å². The Balaban J connectivity index is 1.79. The molecule has 1 heterocycles. The summed E-state index contributed by atoms with van der Waals surface area (Å²) < 4.78 is 23.3. The Hall–Kier alpha value is -0.580. The van der Waals surface area contributed by atoms with E-state index in [-0.39, 0.29) is 6.29 Å². The number of thioether (sulfide) groups is 1. The van der Waals surface area contributed by atoms with Crippen molar-refractivity contribution in [2.45, 2.75) is 24.3 Å². The van der Waals surface area contributed by atoms with Gasteiger partial charge in [0.15, 0.2) is 6.29 Å². The van der Waals surface area contributed by atoms with Gasteiger partial charge in [-0.25, -0.2) is 4.39 Å². The number of hydrogen-bond donors (Lipinski definition) is 0. The summed E-state index contributed by atoms with van der Waals surface area (Å²) in [6, 6.07) is 7.58. The highest BCUT2D eigenvalue weighted by Crippen LogP contribution is 2.25. The molecular formula is C12H15FO2S. The van der Waals surface area contributed by atoms with Crippen LogP contribution in [0.2, 0.25) is 0 Å². The summed E-state index contributed by atoms with van der Waals surface area (Å²) >= 11 is 1.66. The molecule has 1 aliphatic heterocycles. The lowest BCUT2D eigenvalue weighted by atomic mass is 10.2. The van der Waals surface area contributed by atoms with Gasteiger partial charge in [0.05, 0.1) is 13.2 Å². The minimum atomic E-state index is -0.403. The molecule has 16 heavy (non-hydrogen) atoms. The largest absolute Gasteiger partial charge is 0.350 e. The first-order valence-electron chi connectivity index (χ1n) is 5.40. The summed E-state index contributed by atoms with van der Waals surface area (Å²) in [4.78, 5) is 1.02. The number of hydrogen-bond acceptors (Lipinski definition) is 3. The molecule has 2 nitrogen and oxygen atoms in total. The maximum atomic E-state index is 12.7. The SMILES string of the molecule is FCc1ccccc1SCCC1OCCO1. The topological polar surface area (TPSA) is 18.5 Å². The summed E-state index contributed by atoms with van der Waals surface area (Å²) in [6.07, 6.45) is 0.788. The molecule has 1 fully saturated rings. The van der Waals surface area contributed by atoms with E-state index < -0.39 is 6.67 Å². The van der Waals surface area contributed by atoms with Gasteiger partial charge in [-0.15, -0.1) is 11.8 Å². The average molecular weight is 242 g/mol. The van der Waals surface area contributed by atoms with Crippen LogP contribution in [-0.4, -0.2) is 25.3 Å². The van der Waals surface area contributed by atoms with E-state index in [4.69, 9.17) is 9.47 Å². The van der Waals surface area contributed by atoms with E-state index in [9.17, 15) is 4.39 Å². The Morgan fingerprint density at radius 3 is 2.75 bits per heavy atom. The predicted molar refractivity (Wildman–Crippen MR) is 62.3 cm³/mol. The molecule has 0 unspecified atom stereocenters. The van der Waals surface area contributed by atoms with E-state index in [2.05, 4.69) is 0 Å². The molecule has 88 valence electrons. The maximum Gasteiger partial charge on any atom is 0.158 e. The van der Waals surface area contributed by atoms with E-state index >= 15 is 0 Å². The fourth-order valence-corrected chi connectivity index (χ4v) is 2.61. The van der Waals surface area contributed by atoms with Gasteiger partial charge in [0.25, 0.3) is 0 Å². The molecule has 1 saturated heterocycles. The molecule has 0 saturated carbocycles. The van der Waals surface area contributed by atoms with Crippen molar-refractivity contribution in [3.63, 3.8) is 0 Å². The Bertz CT molecular complexity index is 327. The van der Waals surface area contributed by atoms with Gasteiger partial charge < -0.3 is 9.47 Å². The summed E-state index contributed by atoms with van der Waals surface area (Å²) in [7, 11) is 0. The number of rotatable bonds is 5. The molecule has 0 bridgehead atoms. The quantitative estimate of drug-likeness (QED) is 0.739. The highest BCUT2D eigenvalue weighted by Gasteiger charge is 2.15. The van der Waals surface area contributed by atoms with Gasteiger partial charge in [-0.2, -0.15) is 0 Å². The van der Waals surface area contributed by atoms with Crippen LogP contribution >= 0.6 is 11.8 Å². The van der Waals surface area contributed by atoms with Crippen molar-refractivity contribution in [3.8, 4) is 0 Å². The fourth-order valence-electron chi connectivity index (χ4n) is 1.59. The van der Waals surface area contributed by atoms with E-state index in [1.165, 1.54) is 0 Å². The first kappa shape index (κ1) is 11.9. The number of alkyl halides is 1. The van der Waals surface area contributed by atoms with E-state index in [0.29, 0.717) is 13.2 Å². The van der Waals surface area contributed by atoms with Crippen molar-refractivity contribution in [2.24, 2.45) is 0 Å². The molecule has 0 atom stereocenters. The van der Waals surface area contributed by atoms with Crippen LogP contribution in [0.5, 0.6) is 0 Å². The molecule has 0 aromatic heterocycles. The van der Waals surface area contributed by atoms with Crippen LogP contribution in [0.4, 0.5) is 4.39 Å². The second-order valence-electron chi connectivity index (χ2n) is 3.55. The maximum absolute atomic E-state index is 12.7. The first-order chi connectivity index (χ1) is 7.90. The van der Waals surface area contributed by atoms with Crippen LogP contribution in [-0.2, 0) is 16.1 Å². The van der Waals surface area contributed by atoms with Crippen molar-refractivity contribution in [2.75, 3.05) is 19.0 Å². The molecular weight excluding hydrogens is 227 g/mol. The van der Waals surface area contributed by atoms with Crippen LogP contribution in [0.1, 0.15) is 12.0 Å². The molecule has 0 N–H and O–H groups in total. The summed E-state index contributed by atoms with van der Waals surface area (Å²) in [5.41, 5.74) is 0.765. The highest BCUT2D eigenvalue weighted by atomic mass is 32.2. The average Bonchev–Trinajstić information content (AvgIpc) is 2.83. The molecule has 0 radical (unpaired) electrons. The van der Waals surface area contributed by atoms with Gasteiger partial charge in [-0.3, -0.25) is 0 Å². The van der Waals surface area contributed by atoms with E-state index in [1.54, 1.807) is 11.8 Å². The highest BCUT2D eigenvalue weighted by molar-refractivity contribution is 7.99. The molecule has 0 aliphatic carbocycles. The van der Waals surface area contributed by atoms with E-state index in [1.807, 2.05) is 24.3 Å². The Morgan fingerprint density at radius 2 is 2.00 bits per heavy atom. The lowest BCUT2D eigenvalue weighted by molar-refractivity contribution is -0.0421. The van der Waals surface area contributed by atoms with E-state index in [0.717, 1.165) is 22.6 Å². The third-order valence-electron chi connectivity index (χ3n) is 2.42. The summed E-state index contributed by atoms with van der Waals surface area (Å²) in [5.74, 6) is 0.891. The lowest BCUT2D eigenvalue weighted by Crippen LogP contribution is -2.08. The lowest BCUT2D eigenvalue weighted by Gasteiger charge is -2.09. The van der Waals surface area contributed by atoms with Gasteiger partial charge in [-0.05, 0) is 11.6 Å². The van der Waals surface area contributed by atoms with Gasteiger partial charge in [0, 0.05) is 17.1 Å². The zero-order chi connectivity index (χ0) is 11.2. The molecule has 4 heteroatoms. The molecule has 1 aliphatic rings. The van der Waals surface area contributed by atoms with Crippen LogP contribution in [0, 0.1) is 0 Å². The zero-order valence-corrected chi connectivity index (χ0v) is 9.84. The Kier molecular flexibility index (Phi) is 4.63. The van der Waals surface area contributed by atoms with Crippen LogP contribution in [0.25, 0.3) is 0 Å². The normalized spacial score (nSPS) is 16.8. The van der Waals surface area contributed by atoms with Crippen molar-refractivity contribution >= 4 is 11.8 Å². The first-order valence-corrected chi connectivity index (χ1v) is 6.38. The van der Waals surface area contributed by atoms with Gasteiger partial charge in [0.1, 0.15) is 6.67 Å². The van der Waals surface area contributed by atoms with Gasteiger partial charge in [-0.1, -0.05) is 18.2 Å². The smallest absolute Gasteiger partial charge is 0.158 e. The second kappa shape index (κ2) is 6.23.